The molecule has 0 saturated heterocycles. The Kier molecular flexibility index (Phi) is 3.95. The highest BCUT2D eigenvalue weighted by atomic mass is 35.5. The van der Waals surface area contributed by atoms with Gasteiger partial charge < -0.3 is 5.11 Å². The number of aromatic hydroxyl groups is 1. The summed E-state index contributed by atoms with van der Waals surface area (Å²) in [6.07, 6.45) is 6.43. The average Bonchev–Trinajstić information content (AvgIpc) is 2.39. The van der Waals surface area contributed by atoms with Gasteiger partial charge in [0.05, 0.1) is 0 Å². The van der Waals surface area contributed by atoms with E-state index in [2.05, 4.69) is 11.0 Å². The molecule has 0 radical (unpaired) electrons. The number of nitrogens with zero attached hydrogens (tertiary/aromatic N) is 1. The molecule has 3 rings (SSSR count). The second-order valence-corrected chi connectivity index (χ2v) is 5.07. The van der Waals surface area contributed by atoms with Crippen molar-refractivity contribution in [2.45, 2.75) is 38.1 Å². The van der Waals surface area contributed by atoms with E-state index >= 15 is 0 Å². The number of rotatable bonds is 1. The first-order valence-corrected chi connectivity index (χ1v) is 6.38. The second kappa shape index (κ2) is 5.28. The molecule has 1 aliphatic heterocycles. The number of halogens is 1. The van der Waals surface area contributed by atoms with Crippen molar-refractivity contribution in [3.05, 3.63) is 29.3 Å². The monoisotopic (exact) mass is 253 g/mol. The Morgan fingerprint density at radius 1 is 1.06 bits per heavy atom. The summed E-state index contributed by atoms with van der Waals surface area (Å²) in [6, 6.07) is 6.70. The molecule has 94 valence electrons. The fourth-order valence-corrected chi connectivity index (χ4v) is 2.85. The van der Waals surface area contributed by atoms with Gasteiger partial charge in [0.15, 0.2) is 0 Å². The molecule has 1 aromatic carbocycles. The maximum atomic E-state index is 9.50. The van der Waals surface area contributed by atoms with E-state index in [-0.39, 0.29) is 12.4 Å². The van der Waals surface area contributed by atoms with Gasteiger partial charge in [-0.1, -0.05) is 12.5 Å². The van der Waals surface area contributed by atoms with Crippen LogP contribution >= 0.6 is 12.4 Å². The van der Waals surface area contributed by atoms with Crippen LogP contribution in [0.5, 0.6) is 5.75 Å². The Labute approximate surface area is 109 Å². The van der Waals surface area contributed by atoms with Crippen molar-refractivity contribution < 1.29 is 5.11 Å². The fraction of sp³-hybridized carbons (Fsp3) is 0.571. The van der Waals surface area contributed by atoms with Crippen molar-refractivity contribution in [2.75, 3.05) is 13.1 Å². The van der Waals surface area contributed by atoms with E-state index in [0.29, 0.717) is 5.75 Å². The van der Waals surface area contributed by atoms with Gasteiger partial charge in [0.1, 0.15) is 5.75 Å². The van der Waals surface area contributed by atoms with Gasteiger partial charge in [-0.3, -0.25) is 4.90 Å². The SMILES string of the molecule is Cl.Oc1ccc2c(c1)CCN(C1CCC1)CC2. The topological polar surface area (TPSA) is 23.5 Å². The smallest absolute Gasteiger partial charge is 0.115 e. The minimum atomic E-state index is 0. The number of hydrogen-bond donors (Lipinski definition) is 1. The number of fused-ring (bicyclic) bond motifs is 1. The quantitative estimate of drug-likeness (QED) is 0.832. The van der Waals surface area contributed by atoms with Crippen LogP contribution in [-0.4, -0.2) is 29.1 Å². The van der Waals surface area contributed by atoms with Gasteiger partial charge in [-0.25, -0.2) is 0 Å². The van der Waals surface area contributed by atoms with Gasteiger partial charge in [-0.15, -0.1) is 12.4 Å². The van der Waals surface area contributed by atoms with E-state index < -0.39 is 0 Å². The molecule has 0 unspecified atom stereocenters. The van der Waals surface area contributed by atoms with E-state index in [1.165, 1.54) is 43.5 Å². The summed E-state index contributed by atoms with van der Waals surface area (Å²) >= 11 is 0. The number of hydrogen-bond acceptors (Lipinski definition) is 2. The summed E-state index contributed by atoms with van der Waals surface area (Å²) in [4.78, 5) is 2.64. The maximum absolute atomic E-state index is 9.50. The molecule has 0 amide bonds. The molecule has 1 fully saturated rings. The van der Waals surface area contributed by atoms with E-state index in [9.17, 15) is 5.11 Å². The number of benzene rings is 1. The first kappa shape index (κ1) is 12.7. The Morgan fingerprint density at radius 2 is 1.76 bits per heavy atom. The Morgan fingerprint density at radius 3 is 2.41 bits per heavy atom. The molecule has 0 bridgehead atoms. The minimum Gasteiger partial charge on any atom is -0.508 e. The van der Waals surface area contributed by atoms with Crippen molar-refractivity contribution in [1.29, 1.82) is 0 Å². The Hall–Kier alpha value is -0.730. The van der Waals surface area contributed by atoms with E-state index in [1.807, 2.05) is 12.1 Å². The summed E-state index contributed by atoms with van der Waals surface area (Å²) < 4.78 is 0. The van der Waals surface area contributed by atoms with Crippen LogP contribution in [0.3, 0.4) is 0 Å². The van der Waals surface area contributed by atoms with Crippen molar-refractivity contribution in [1.82, 2.24) is 4.90 Å². The predicted octanol–water partition coefficient (Wildman–Crippen LogP) is 2.77. The van der Waals surface area contributed by atoms with E-state index in [1.54, 1.807) is 0 Å². The van der Waals surface area contributed by atoms with E-state index in [4.69, 9.17) is 0 Å². The third kappa shape index (κ3) is 2.58. The highest BCUT2D eigenvalue weighted by molar-refractivity contribution is 5.85. The zero-order valence-corrected chi connectivity index (χ0v) is 10.9. The van der Waals surface area contributed by atoms with Crippen molar-refractivity contribution in [3.63, 3.8) is 0 Å². The summed E-state index contributed by atoms with van der Waals surface area (Å²) in [5.41, 5.74) is 2.78. The lowest BCUT2D eigenvalue weighted by atomic mass is 9.91. The molecule has 1 aromatic rings. The van der Waals surface area contributed by atoms with Crippen LogP contribution in [0, 0.1) is 0 Å². The molecule has 1 heterocycles. The molecule has 1 N–H and O–H groups in total. The number of phenolic OH excluding ortho intramolecular Hbond substituents is 1. The van der Waals surface area contributed by atoms with Gasteiger partial charge in [-0.05, 0) is 48.9 Å². The molecule has 0 atom stereocenters. The Bertz CT molecular complexity index is 390. The number of phenols is 1. The first-order valence-electron chi connectivity index (χ1n) is 6.38. The molecular weight excluding hydrogens is 234 g/mol. The van der Waals surface area contributed by atoms with Gasteiger partial charge in [-0.2, -0.15) is 0 Å². The second-order valence-electron chi connectivity index (χ2n) is 5.07. The lowest BCUT2D eigenvalue weighted by Gasteiger charge is -2.36. The fourth-order valence-electron chi connectivity index (χ4n) is 2.85. The average molecular weight is 254 g/mol. The minimum absolute atomic E-state index is 0. The van der Waals surface area contributed by atoms with Gasteiger partial charge in [0.25, 0.3) is 0 Å². The first-order chi connectivity index (χ1) is 7.83. The van der Waals surface area contributed by atoms with Gasteiger partial charge >= 0.3 is 0 Å². The molecule has 1 aliphatic carbocycles. The zero-order chi connectivity index (χ0) is 11.0. The normalized spacial score (nSPS) is 20.9. The zero-order valence-electron chi connectivity index (χ0n) is 10.1. The summed E-state index contributed by atoms with van der Waals surface area (Å²) in [5, 5.41) is 9.50. The Balaban J connectivity index is 0.00000108. The summed E-state index contributed by atoms with van der Waals surface area (Å²) in [7, 11) is 0. The van der Waals surface area contributed by atoms with Crippen LogP contribution in [0.1, 0.15) is 30.4 Å². The maximum Gasteiger partial charge on any atom is 0.115 e. The van der Waals surface area contributed by atoms with Crippen molar-refractivity contribution >= 4 is 12.4 Å². The lowest BCUT2D eigenvalue weighted by Crippen LogP contribution is -2.41. The molecule has 3 heteroatoms. The van der Waals surface area contributed by atoms with Crippen LogP contribution in [-0.2, 0) is 12.8 Å². The summed E-state index contributed by atoms with van der Waals surface area (Å²) in [5.74, 6) is 0.413. The third-order valence-corrected chi connectivity index (χ3v) is 4.12. The molecule has 2 nitrogen and oxygen atoms in total. The molecule has 0 aromatic heterocycles. The largest absolute Gasteiger partial charge is 0.508 e. The summed E-state index contributed by atoms with van der Waals surface area (Å²) in [6.45, 7) is 2.36. The molecular formula is C14H20ClNO. The van der Waals surface area contributed by atoms with Crippen LogP contribution in [0.4, 0.5) is 0 Å². The van der Waals surface area contributed by atoms with Gasteiger partial charge in [0, 0.05) is 19.1 Å². The van der Waals surface area contributed by atoms with Crippen molar-refractivity contribution in [2.24, 2.45) is 0 Å². The molecule has 2 aliphatic rings. The highest BCUT2D eigenvalue weighted by Gasteiger charge is 2.26. The predicted molar refractivity (Wildman–Crippen MR) is 72.0 cm³/mol. The van der Waals surface area contributed by atoms with Crippen LogP contribution in [0.25, 0.3) is 0 Å². The van der Waals surface area contributed by atoms with Crippen LogP contribution in [0.2, 0.25) is 0 Å². The lowest BCUT2D eigenvalue weighted by molar-refractivity contribution is 0.133. The van der Waals surface area contributed by atoms with Crippen LogP contribution < -0.4 is 0 Å². The highest BCUT2D eigenvalue weighted by Crippen LogP contribution is 2.28. The van der Waals surface area contributed by atoms with Gasteiger partial charge in [0.2, 0.25) is 0 Å². The molecule has 1 saturated carbocycles. The molecule has 0 spiro atoms. The van der Waals surface area contributed by atoms with Crippen LogP contribution in [0.15, 0.2) is 18.2 Å². The third-order valence-electron chi connectivity index (χ3n) is 4.12. The van der Waals surface area contributed by atoms with E-state index in [0.717, 1.165) is 18.9 Å². The van der Waals surface area contributed by atoms with Crippen molar-refractivity contribution in [3.8, 4) is 5.75 Å². The standard InChI is InChI=1S/C14H19NO.ClH/c16-14-5-4-11-6-8-15(13-2-1-3-13)9-7-12(11)10-14;/h4-5,10,13,16H,1-3,6-9H2;1H. The molecule has 17 heavy (non-hydrogen) atoms.